The van der Waals surface area contributed by atoms with Crippen LogP contribution in [0.15, 0.2) is 18.2 Å². The van der Waals surface area contributed by atoms with Crippen molar-refractivity contribution in [1.82, 2.24) is 0 Å². The van der Waals surface area contributed by atoms with Crippen LogP contribution >= 0.6 is 0 Å². The predicted molar refractivity (Wildman–Crippen MR) is 64.1 cm³/mol. The molecule has 0 aliphatic carbocycles. The van der Waals surface area contributed by atoms with Crippen LogP contribution in [0.25, 0.3) is 0 Å². The molecule has 2 heteroatoms. The third-order valence-corrected chi connectivity index (χ3v) is 2.64. The van der Waals surface area contributed by atoms with E-state index in [2.05, 4.69) is 25.2 Å². The average molecular weight is 205 g/mol. The van der Waals surface area contributed by atoms with Gasteiger partial charge in [-0.2, -0.15) is 0 Å². The smallest absolute Gasteiger partial charge is 0.224 e. The molecule has 1 N–H and O–H groups in total. The molecule has 0 aliphatic heterocycles. The zero-order valence-electron chi connectivity index (χ0n) is 9.76. The third-order valence-electron chi connectivity index (χ3n) is 2.64. The van der Waals surface area contributed by atoms with Crippen molar-refractivity contribution >= 4 is 11.6 Å². The van der Waals surface area contributed by atoms with Crippen LogP contribution in [0.2, 0.25) is 0 Å². The van der Waals surface area contributed by atoms with Crippen LogP contribution in [0.4, 0.5) is 5.69 Å². The minimum atomic E-state index is 0.116. The Morgan fingerprint density at radius 2 is 2.07 bits per heavy atom. The number of anilines is 1. The van der Waals surface area contributed by atoms with Crippen LogP contribution in [0, 0.1) is 13.8 Å². The van der Waals surface area contributed by atoms with Gasteiger partial charge in [-0.25, -0.2) is 0 Å². The van der Waals surface area contributed by atoms with E-state index in [9.17, 15) is 4.79 Å². The standard InChI is InChI=1S/C13H19NO/c1-4-5-9-13(15)14-12-8-6-7-10(2)11(12)3/h6-8H,4-5,9H2,1-3H3,(H,14,15). The number of amides is 1. The van der Waals surface area contributed by atoms with Crippen molar-refractivity contribution in [2.45, 2.75) is 40.0 Å². The van der Waals surface area contributed by atoms with Gasteiger partial charge < -0.3 is 5.32 Å². The van der Waals surface area contributed by atoms with Gasteiger partial charge in [0.15, 0.2) is 0 Å². The van der Waals surface area contributed by atoms with Crippen molar-refractivity contribution in [1.29, 1.82) is 0 Å². The van der Waals surface area contributed by atoms with Gasteiger partial charge >= 0.3 is 0 Å². The highest BCUT2D eigenvalue weighted by molar-refractivity contribution is 5.91. The molecular formula is C13H19NO. The summed E-state index contributed by atoms with van der Waals surface area (Å²) in [6.07, 6.45) is 2.63. The van der Waals surface area contributed by atoms with Crippen LogP contribution in [0.1, 0.15) is 37.3 Å². The number of rotatable bonds is 4. The van der Waals surface area contributed by atoms with Gasteiger partial charge in [-0.05, 0) is 37.5 Å². The van der Waals surface area contributed by atoms with E-state index in [0.717, 1.165) is 24.1 Å². The van der Waals surface area contributed by atoms with E-state index in [1.165, 1.54) is 5.56 Å². The minimum absolute atomic E-state index is 0.116. The van der Waals surface area contributed by atoms with Gasteiger partial charge in [0.25, 0.3) is 0 Å². The summed E-state index contributed by atoms with van der Waals surface area (Å²) in [4.78, 5) is 11.5. The molecule has 2 nitrogen and oxygen atoms in total. The summed E-state index contributed by atoms with van der Waals surface area (Å²) in [5.74, 6) is 0.116. The topological polar surface area (TPSA) is 29.1 Å². The maximum absolute atomic E-state index is 11.5. The molecule has 0 spiro atoms. The van der Waals surface area contributed by atoms with Gasteiger partial charge in [0.05, 0.1) is 0 Å². The molecule has 0 heterocycles. The zero-order chi connectivity index (χ0) is 11.3. The second-order valence-corrected chi connectivity index (χ2v) is 3.90. The van der Waals surface area contributed by atoms with Crippen LogP contribution < -0.4 is 5.32 Å². The largest absolute Gasteiger partial charge is 0.326 e. The van der Waals surface area contributed by atoms with Crippen molar-refractivity contribution < 1.29 is 4.79 Å². The number of benzene rings is 1. The fourth-order valence-electron chi connectivity index (χ4n) is 1.44. The van der Waals surface area contributed by atoms with Crippen LogP contribution in [-0.4, -0.2) is 5.91 Å². The summed E-state index contributed by atoms with van der Waals surface area (Å²) in [7, 11) is 0. The fourth-order valence-corrected chi connectivity index (χ4v) is 1.44. The molecule has 1 amide bonds. The molecule has 15 heavy (non-hydrogen) atoms. The minimum Gasteiger partial charge on any atom is -0.326 e. The van der Waals surface area contributed by atoms with E-state index in [1.807, 2.05) is 19.1 Å². The summed E-state index contributed by atoms with van der Waals surface area (Å²) < 4.78 is 0. The Labute approximate surface area is 91.7 Å². The molecule has 0 aromatic heterocycles. The van der Waals surface area contributed by atoms with E-state index in [1.54, 1.807) is 0 Å². The normalized spacial score (nSPS) is 10.1. The Morgan fingerprint density at radius 1 is 1.33 bits per heavy atom. The molecule has 0 unspecified atom stereocenters. The molecular weight excluding hydrogens is 186 g/mol. The van der Waals surface area contributed by atoms with Gasteiger partial charge in [-0.15, -0.1) is 0 Å². The lowest BCUT2D eigenvalue weighted by Gasteiger charge is -2.09. The molecule has 1 aromatic carbocycles. The molecule has 0 fully saturated rings. The van der Waals surface area contributed by atoms with Gasteiger partial charge in [0, 0.05) is 12.1 Å². The molecule has 0 saturated carbocycles. The number of carbonyl (C=O) groups excluding carboxylic acids is 1. The lowest BCUT2D eigenvalue weighted by Crippen LogP contribution is -2.12. The van der Waals surface area contributed by atoms with E-state index >= 15 is 0 Å². The van der Waals surface area contributed by atoms with Crippen molar-refractivity contribution in [2.24, 2.45) is 0 Å². The number of nitrogens with one attached hydrogen (secondary N) is 1. The SMILES string of the molecule is CCCCC(=O)Nc1cccc(C)c1C. The number of hydrogen-bond donors (Lipinski definition) is 1. The summed E-state index contributed by atoms with van der Waals surface area (Å²) in [5, 5.41) is 2.95. The molecule has 0 atom stereocenters. The summed E-state index contributed by atoms with van der Waals surface area (Å²) in [6.45, 7) is 6.17. The molecule has 82 valence electrons. The van der Waals surface area contributed by atoms with Gasteiger partial charge in [0.1, 0.15) is 0 Å². The predicted octanol–water partition coefficient (Wildman–Crippen LogP) is 3.43. The van der Waals surface area contributed by atoms with Crippen molar-refractivity contribution in [3.05, 3.63) is 29.3 Å². The maximum atomic E-state index is 11.5. The van der Waals surface area contributed by atoms with E-state index in [-0.39, 0.29) is 5.91 Å². The Bertz CT molecular complexity index is 344. The molecule has 0 saturated heterocycles. The van der Waals surface area contributed by atoms with Gasteiger partial charge in [0.2, 0.25) is 5.91 Å². The first kappa shape index (κ1) is 11.8. The van der Waals surface area contributed by atoms with Gasteiger partial charge in [-0.3, -0.25) is 4.79 Å². The molecule has 1 aromatic rings. The number of carbonyl (C=O) groups is 1. The summed E-state index contributed by atoms with van der Waals surface area (Å²) in [6, 6.07) is 5.97. The average Bonchev–Trinajstić information content (AvgIpc) is 2.22. The van der Waals surface area contributed by atoms with Gasteiger partial charge in [-0.1, -0.05) is 25.5 Å². The Morgan fingerprint density at radius 3 is 2.73 bits per heavy atom. The number of aryl methyl sites for hydroxylation is 1. The van der Waals surface area contributed by atoms with Crippen LogP contribution in [-0.2, 0) is 4.79 Å². The Balaban J connectivity index is 2.64. The maximum Gasteiger partial charge on any atom is 0.224 e. The lowest BCUT2D eigenvalue weighted by molar-refractivity contribution is -0.116. The van der Waals surface area contributed by atoms with Crippen molar-refractivity contribution in [3.63, 3.8) is 0 Å². The fraction of sp³-hybridized carbons (Fsp3) is 0.462. The highest BCUT2D eigenvalue weighted by atomic mass is 16.1. The van der Waals surface area contributed by atoms with E-state index < -0.39 is 0 Å². The number of hydrogen-bond acceptors (Lipinski definition) is 1. The summed E-state index contributed by atoms with van der Waals surface area (Å²) >= 11 is 0. The Kier molecular flexibility index (Phi) is 4.35. The van der Waals surface area contributed by atoms with Crippen molar-refractivity contribution in [2.75, 3.05) is 5.32 Å². The number of unbranched alkanes of at least 4 members (excludes halogenated alkanes) is 1. The summed E-state index contributed by atoms with van der Waals surface area (Å²) in [5.41, 5.74) is 3.31. The third kappa shape index (κ3) is 3.39. The quantitative estimate of drug-likeness (QED) is 0.801. The highest BCUT2D eigenvalue weighted by Gasteiger charge is 2.04. The molecule has 0 aliphatic rings. The molecule has 1 rings (SSSR count). The van der Waals surface area contributed by atoms with Crippen LogP contribution in [0.5, 0.6) is 0 Å². The molecule has 0 bridgehead atoms. The lowest BCUT2D eigenvalue weighted by atomic mass is 10.1. The van der Waals surface area contributed by atoms with Crippen LogP contribution in [0.3, 0.4) is 0 Å². The van der Waals surface area contributed by atoms with E-state index in [4.69, 9.17) is 0 Å². The second-order valence-electron chi connectivity index (χ2n) is 3.90. The highest BCUT2D eigenvalue weighted by Crippen LogP contribution is 2.18. The second kappa shape index (κ2) is 5.54. The van der Waals surface area contributed by atoms with Crippen molar-refractivity contribution in [3.8, 4) is 0 Å². The monoisotopic (exact) mass is 205 g/mol. The molecule has 0 radical (unpaired) electrons. The van der Waals surface area contributed by atoms with E-state index in [0.29, 0.717) is 6.42 Å². The Hall–Kier alpha value is -1.31. The first-order chi connectivity index (χ1) is 7.15. The zero-order valence-corrected chi connectivity index (χ0v) is 9.76. The first-order valence-electron chi connectivity index (χ1n) is 5.51. The first-order valence-corrected chi connectivity index (χ1v) is 5.51.